The molecule has 2 rings (SSSR count). The minimum atomic E-state index is 0.574. The zero-order valence-electron chi connectivity index (χ0n) is 11.6. The Bertz CT molecular complexity index is 436. The molecule has 0 amide bonds. The van der Waals surface area contributed by atoms with Crippen LogP contribution < -0.4 is 5.32 Å². The summed E-state index contributed by atoms with van der Waals surface area (Å²) < 4.78 is 2.12. The third kappa shape index (κ3) is 4.87. The Morgan fingerprint density at radius 1 is 1.26 bits per heavy atom. The highest BCUT2D eigenvalue weighted by atomic mass is 15.0. The van der Waals surface area contributed by atoms with Crippen LogP contribution in [0.1, 0.15) is 25.3 Å². The second-order valence-corrected chi connectivity index (χ2v) is 4.90. The van der Waals surface area contributed by atoms with Crippen LogP contribution in [0.3, 0.4) is 0 Å². The van der Waals surface area contributed by atoms with Crippen molar-refractivity contribution < 1.29 is 0 Å². The molecule has 0 spiro atoms. The molecular formula is C16H23N3. The van der Waals surface area contributed by atoms with E-state index in [-0.39, 0.29) is 0 Å². The van der Waals surface area contributed by atoms with E-state index in [1.54, 1.807) is 0 Å². The number of nitrogens with zero attached hydrogens (tertiary/aromatic N) is 2. The molecule has 3 heteroatoms. The number of imidazole rings is 1. The Labute approximate surface area is 115 Å². The van der Waals surface area contributed by atoms with Gasteiger partial charge >= 0.3 is 0 Å². The van der Waals surface area contributed by atoms with Crippen molar-refractivity contribution in [1.29, 1.82) is 0 Å². The number of nitrogens with one attached hydrogen (secondary N) is 1. The summed E-state index contributed by atoms with van der Waals surface area (Å²) in [6.45, 7) is 4.34. The lowest BCUT2D eigenvalue weighted by atomic mass is 10.0. The summed E-state index contributed by atoms with van der Waals surface area (Å²) in [5.74, 6) is 0. The first kappa shape index (κ1) is 13.8. The molecule has 0 bridgehead atoms. The van der Waals surface area contributed by atoms with Gasteiger partial charge in [0.1, 0.15) is 0 Å². The topological polar surface area (TPSA) is 29.9 Å². The van der Waals surface area contributed by atoms with Gasteiger partial charge in [-0.2, -0.15) is 0 Å². The average Bonchev–Trinajstić information content (AvgIpc) is 2.96. The van der Waals surface area contributed by atoms with E-state index in [0.29, 0.717) is 6.04 Å². The lowest BCUT2D eigenvalue weighted by molar-refractivity contribution is 0.473. The maximum atomic E-state index is 4.05. The minimum Gasteiger partial charge on any atom is -0.337 e. The maximum absolute atomic E-state index is 4.05. The fourth-order valence-corrected chi connectivity index (χ4v) is 2.25. The molecule has 2 aromatic rings. The first-order chi connectivity index (χ1) is 9.38. The summed E-state index contributed by atoms with van der Waals surface area (Å²) in [7, 11) is 0. The monoisotopic (exact) mass is 257 g/mol. The Hall–Kier alpha value is -1.61. The Morgan fingerprint density at radius 2 is 2.11 bits per heavy atom. The molecule has 0 saturated carbocycles. The van der Waals surface area contributed by atoms with Gasteiger partial charge in [-0.15, -0.1) is 0 Å². The molecule has 0 aliphatic carbocycles. The quantitative estimate of drug-likeness (QED) is 0.737. The summed E-state index contributed by atoms with van der Waals surface area (Å²) >= 11 is 0. The summed E-state index contributed by atoms with van der Waals surface area (Å²) in [4.78, 5) is 4.05. The highest BCUT2D eigenvalue weighted by molar-refractivity contribution is 5.15. The molecule has 1 aromatic heterocycles. The van der Waals surface area contributed by atoms with Crippen LogP contribution in [0.5, 0.6) is 0 Å². The van der Waals surface area contributed by atoms with E-state index in [1.165, 1.54) is 12.0 Å². The van der Waals surface area contributed by atoms with Crippen molar-refractivity contribution in [2.24, 2.45) is 0 Å². The van der Waals surface area contributed by atoms with Crippen molar-refractivity contribution in [3.05, 3.63) is 54.6 Å². The molecule has 0 radical (unpaired) electrons. The van der Waals surface area contributed by atoms with Gasteiger partial charge in [-0.1, -0.05) is 37.3 Å². The Morgan fingerprint density at radius 3 is 2.79 bits per heavy atom. The van der Waals surface area contributed by atoms with E-state index in [4.69, 9.17) is 0 Å². The van der Waals surface area contributed by atoms with E-state index >= 15 is 0 Å². The van der Waals surface area contributed by atoms with Crippen LogP contribution in [-0.2, 0) is 13.0 Å². The van der Waals surface area contributed by atoms with Gasteiger partial charge in [-0.05, 0) is 31.4 Å². The molecule has 3 nitrogen and oxygen atoms in total. The summed E-state index contributed by atoms with van der Waals surface area (Å²) in [6.07, 6.45) is 9.14. The lowest BCUT2D eigenvalue weighted by Crippen LogP contribution is -2.31. The third-order valence-corrected chi connectivity index (χ3v) is 3.40. The van der Waals surface area contributed by atoms with Gasteiger partial charge in [0.05, 0.1) is 6.33 Å². The van der Waals surface area contributed by atoms with Crippen LogP contribution in [0, 0.1) is 0 Å². The van der Waals surface area contributed by atoms with Crippen molar-refractivity contribution in [1.82, 2.24) is 14.9 Å². The number of hydrogen-bond acceptors (Lipinski definition) is 2. The summed E-state index contributed by atoms with van der Waals surface area (Å²) in [5.41, 5.74) is 1.41. The molecule has 0 saturated heterocycles. The predicted molar refractivity (Wildman–Crippen MR) is 79.1 cm³/mol. The molecule has 1 aromatic carbocycles. The molecule has 1 unspecified atom stereocenters. The van der Waals surface area contributed by atoms with Crippen molar-refractivity contribution >= 4 is 0 Å². The first-order valence-corrected chi connectivity index (χ1v) is 7.11. The molecule has 0 fully saturated rings. The number of aromatic nitrogens is 2. The summed E-state index contributed by atoms with van der Waals surface area (Å²) in [5, 5.41) is 3.65. The normalized spacial score (nSPS) is 12.5. The number of rotatable bonds is 8. The molecule has 0 aliphatic heterocycles. The zero-order valence-corrected chi connectivity index (χ0v) is 11.6. The Kier molecular flexibility index (Phi) is 5.63. The van der Waals surface area contributed by atoms with Crippen molar-refractivity contribution in [3.63, 3.8) is 0 Å². The van der Waals surface area contributed by atoms with Crippen LogP contribution in [0.2, 0.25) is 0 Å². The van der Waals surface area contributed by atoms with Gasteiger partial charge in [-0.3, -0.25) is 0 Å². The van der Waals surface area contributed by atoms with E-state index in [2.05, 4.69) is 52.1 Å². The van der Waals surface area contributed by atoms with Crippen LogP contribution in [0.15, 0.2) is 49.1 Å². The zero-order chi connectivity index (χ0) is 13.3. The third-order valence-electron chi connectivity index (χ3n) is 3.40. The smallest absolute Gasteiger partial charge is 0.0945 e. The minimum absolute atomic E-state index is 0.574. The molecule has 1 N–H and O–H groups in total. The van der Waals surface area contributed by atoms with E-state index in [0.717, 1.165) is 25.9 Å². The van der Waals surface area contributed by atoms with Gasteiger partial charge in [0.25, 0.3) is 0 Å². The van der Waals surface area contributed by atoms with E-state index in [1.807, 2.05) is 18.7 Å². The molecule has 1 heterocycles. The van der Waals surface area contributed by atoms with E-state index < -0.39 is 0 Å². The molecule has 102 valence electrons. The molecule has 19 heavy (non-hydrogen) atoms. The van der Waals surface area contributed by atoms with Gasteiger partial charge in [0, 0.05) is 25.0 Å². The lowest BCUT2D eigenvalue weighted by Gasteiger charge is -2.17. The highest BCUT2D eigenvalue weighted by Gasteiger charge is 2.05. The van der Waals surface area contributed by atoms with Crippen LogP contribution >= 0.6 is 0 Å². The van der Waals surface area contributed by atoms with Crippen LogP contribution in [-0.4, -0.2) is 22.1 Å². The summed E-state index contributed by atoms with van der Waals surface area (Å²) in [6, 6.07) is 11.3. The molecule has 0 aliphatic rings. The van der Waals surface area contributed by atoms with Crippen molar-refractivity contribution in [3.8, 4) is 0 Å². The van der Waals surface area contributed by atoms with Gasteiger partial charge in [-0.25, -0.2) is 4.98 Å². The SMILES string of the molecule is CCC(Cc1ccccc1)NCCCn1ccnc1. The van der Waals surface area contributed by atoms with Gasteiger partial charge < -0.3 is 9.88 Å². The van der Waals surface area contributed by atoms with Gasteiger partial charge in [0.15, 0.2) is 0 Å². The number of hydrogen-bond donors (Lipinski definition) is 1. The number of aryl methyl sites for hydroxylation is 1. The standard InChI is InChI=1S/C16H23N3/c1-2-16(13-15-7-4-3-5-8-15)18-9-6-11-19-12-10-17-14-19/h3-5,7-8,10,12,14,16,18H,2,6,9,11,13H2,1H3. The second kappa shape index (κ2) is 7.74. The molecule has 1 atom stereocenters. The van der Waals surface area contributed by atoms with Gasteiger partial charge in [0.2, 0.25) is 0 Å². The number of benzene rings is 1. The van der Waals surface area contributed by atoms with Crippen molar-refractivity contribution in [2.75, 3.05) is 6.54 Å². The second-order valence-electron chi connectivity index (χ2n) is 4.90. The highest BCUT2D eigenvalue weighted by Crippen LogP contribution is 2.05. The molecular weight excluding hydrogens is 234 g/mol. The Balaban J connectivity index is 1.68. The first-order valence-electron chi connectivity index (χ1n) is 7.11. The van der Waals surface area contributed by atoms with Crippen LogP contribution in [0.4, 0.5) is 0 Å². The fourth-order valence-electron chi connectivity index (χ4n) is 2.25. The predicted octanol–water partition coefficient (Wildman–Crippen LogP) is 2.88. The van der Waals surface area contributed by atoms with Crippen LogP contribution in [0.25, 0.3) is 0 Å². The largest absolute Gasteiger partial charge is 0.337 e. The van der Waals surface area contributed by atoms with Crippen molar-refractivity contribution in [2.45, 2.75) is 38.8 Å². The average molecular weight is 257 g/mol. The van der Waals surface area contributed by atoms with E-state index in [9.17, 15) is 0 Å². The fraction of sp³-hybridized carbons (Fsp3) is 0.438. The maximum Gasteiger partial charge on any atom is 0.0945 e.